The summed E-state index contributed by atoms with van der Waals surface area (Å²) in [6, 6.07) is 11.6. The molecule has 1 rings (SSSR count). The molecule has 0 saturated carbocycles. The molecule has 3 nitrogen and oxygen atoms in total. The van der Waals surface area contributed by atoms with Crippen LogP contribution in [-0.4, -0.2) is 5.71 Å². The van der Waals surface area contributed by atoms with Crippen LogP contribution >= 0.6 is 0 Å². The van der Waals surface area contributed by atoms with Crippen LogP contribution in [0.25, 0.3) is 0 Å². The minimum atomic E-state index is 0.330. The van der Waals surface area contributed by atoms with Crippen molar-refractivity contribution in [2.75, 3.05) is 0 Å². The fourth-order valence-corrected chi connectivity index (χ4v) is 0.798. The Hall–Kier alpha value is -1.82. The molecule has 3 heteroatoms. The number of nitrogens with zero attached hydrogens (tertiary/aromatic N) is 2. The summed E-state index contributed by atoms with van der Waals surface area (Å²) in [5.41, 5.74) is 1.37. The Bertz CT molecular complexity index is 325. The zero-order valence-electron chi connectivity index (χ0n) is 7.40. The van der Waals surface area contributed by atoms with Crippen molar-refractivity contribution in [2.24, 2.45) is 5.16 Å². The van der Waals surface area contributed by atoms with Gasteiger partial charge in [0.1, 0.15) is 12.7 Å². The monoisotopic (exact) mass is 174 g/mol. The van der Waals surface area contributed by atoms with E-state index in [4.69, 9.17) is 10.1 Å². The highest BCUT2D eigenvalue weighted by molar-refractivity contribution is 5.95. The lowest BCUT2D eigenvalue weighted by Gasteiger charge is -1.98. The number of hydrogen-bond donors (Lipinski definition) is 0. The van der Waals surface area contributed by atoms with Gasteiger partial charge in [0.15, 0.2) is 5.71 Å². The molecular formula is C10H10N2O. The van der Waals surface area contributed by atoms with Crippen molar-refractivity contribution in [1.82, 2.24) is 0 Å². The van der Waals surface area contributed by atoms with Crippen LogP contribution in [0.2, 0.25) is 0 Å². The molecule has 0 atom stereocenters. The number of hydrogen-bond acceptors (Lipinski definition) is 3. The standard InChI is InChI=1S/C10H10N2O/c1-9(7-11)12-13-8-10-5-3-2-4-6-10/h2-6H,8H2,1H3/b12-9+. The minimum absolute atomic E-state index is 0.330. The molecule has 0 heterocycles. The van der Waals surface area contributed by atoms with Gasteiger partial charge >= 0.3 is 0 Å². The average Bonchev–Trinajstić information content (AvgIpc) is 2.19. The highest BCUT2D eigenvalue weighted by Gasteiger charge is 1.90. The average molecular weight is 174 g/mol. The molecular weight excluding hydrogens is 164 g/mol. The summed E-state index contributed by atoms with van der Waals surface area (Å²) in [5.74, 6) is 0. The molecule has 0 aromatic heterocycles. The Morgan fingerprint density at radius 2 is 2.15 bits per heavy atom. The van der Waals surface area contributed by atoms with Gasteiger partial charge in [0.2, 0.25) is 0 Å². The first-order valence-corrected chi connectivity index (χ1v) is 3.93. The first kappa shape index (κ1) is 9.27. The Morgan fingerprint density at radius 1 is 1.46 bits per heavy atom. The smallest absolute Gasteiger partial charge is 0.153 e. The van der Waals surface area contributed by atoms with Crippen LogP contribution in [0.3, 0.4) is 0 Å². The molecule has 0 aliphatic heterocycles. The number of oxime groups is 1. The van der Waals surface area contributed by atoms with Crippen LogP contribution in [0.15, 0.2) is 35.5 Å². The Labute approximate surface area is 77.2 Å². The van der Waals surface area contributed by atoms with Crippen molar-refractivity contribution >= 4 is 5.71 Å². The van der Waals surface area contributed by atoms with Crippen molar-refractivity contribution in [1.29, 1.82) is 5.26 Å². The molecule has 0 spiro atoms. The van der Waals surface area contributed by atoms with E-state index in [-0.39, 0.29) is 0 Å². The molecule has 0 saturated heterocycles. The topological polar surface area (TPSA) is 45.4 Å². The maximum Gasteiger partial charge on any atom is 0.153 e. The zero-order chi connectivity index (χ0) is 9.52. The molecule has 0 amide bonds. The van der Waals surface area contributed by atoms with Gasteiger partial charge in [0.25, 0.3) is 0 Å². The normalized spacial score (nSPS) is 10.6. The van der Waals surface area contributed by atoms with E-state index >= 15 is 0 Å². The van der Waals surface area contributed by atoms with Crippen LogP contribution in [0, 0.1) is 11.3 Å². The molecule has 13 heavy (non-hydrogen) atoms. The summed E-state index contributed by atoms with van der Waals surface area (Å²) < 4.78 is 0. The Kier molecular flexibility index (Phi) is 3.52. The second-order valence-corrected chi connectivity index (χ2v) is 2.55. The number of rotatable bonds is 3. The quantitative estimate of drug-likeness (QED) is 0.520. The van der Waals surface area contributed by atoms with Crippen LogP contribution in [-0.2, 0) is 11.4 Å². The summed E-state index contributed by atoms with van der Waals surface area (Å²) in [6.45, 7) is 2.00. The third-order valence-corrected chi connectivity index (χ3v) is 1.44. The van der Waals surface area contributed by atoms with E-state index in [0.717, 1.165) is 5.56 Å². The second-order valence-electron chi connectivity index (χ2n) is 2.55. The molecule has 0 radical (unpaired) electrons. The van der Waals surface area contributed by atoms with Crippen molar-refractivity contribution in [2.45, 2.75) is 13.5 Å². The van der Waals surface area contributed by atoms with E-state index in [0.29, 0.717) is 12.3 Å². The van der Waals surface area contributed by atoms with Gasteiger partial charge in [-0.2, -0.15) is 5.26 Å². The molecule has 0 aliphatic carbocycles. The van der Waals surface area contributed by atoms with Crippen molar-refractivity contribution < 1.29 is 4.84 Å². The summed E-state index contributed by atoms with van der Waals surface area (Å²) in [7, 11) is 0. The van der Waals surface area contributed by atoms with Crippen LogP contribution < -0.4 is 0 Å². The Morgan fingerprint density at radius 3 is 2.77 bits per heavy atom. The van der Waals surface area contributed by atoms with Gasteiger partial charge in [-0.1, -0.05) is 35.5 Å². The van der Waals surface area contributed by atoms with Crippen molar-refractivity contribution in [3.05, 3.63) is 35.9 Å². The first-order chi connectivity index (χ1) is 6.33. The van der Waals surface area contributed by atoms with Gasteiger partial charge in [-0.25, -0.2) is 0 Å². The first-order valence-electron chi connectivity index (χ1n) is 3.93. The van der Waals surface area contributed by atoms with Crippen molar-refractivity contribution in [3.8, 4) is 6.07 Å². The molecule has 0 bridgehead atoms. The SMILES string of the molecule is C/C(C#N)=N\OCc1ccccc1. The summed E-state index contributed by atoms with van der Waals surface area (Å²) >= 11 is 0. The van der Waals surface area contributed by atoms with E-state index in [1.165, 1.54) is 0 Å². The molecule has 1 aromatic carbocycles. The highest BCUT2D eigenvalue weighted by atomic mass is 16.6. The molecule has 66 valence electrons. The van der Waals surface area contributed by atoms with Crippen LogP contribution in [0.1, 0.15) is 12.5 Å². The highest BCUT2D eigenvalue weighted by Crippen LogP contribution is 2.00. The fourth-order valence-electron chi connectivity index (χ4n) is 0.798. The lowest BCUT2D eigenvalue weighted by Crippen LogP contribution is -1.90. The predicted molar refractivity (Wildman–Crippen MR) is 50.0 cm³/mol. The third kappa shape index (κ3) is 3.39. The van der Waals surface area contributed by atoms with Gasteiger partial charge in [-0.15, -0.1) is 0 Å². The second kappa shape index (κ2) is 4.94. The maximum absolute atomic E-state index is 8.37. The third-order valence-electron chi connectivity index (χ3n) is 1.44. The fraction of sp³-hybridized carbons (Fsp3) is 0.200. The predicted octanol–water partition coefficient (Wildman–Crippen LogP) is 2.10. The molecule has 0 N–H and O–H groups in total. The van der Waals surface area contributed by atoms with Crippen LogP contribution in [0.5, 0.6) is 0 Å². The van der Waals surface area contributed by atoms with Gasteiger partial charge < -0.3 is 4.84 Å². The van der Waals surface area contributed by atoms with Gasteiger partial charge in [0, 0.05) is 0 Å². The molecule has 1 aromatic rings. The van der Waals surface area contributed by atoms with Gasteiger partial charge in [-0.05, 0) is 12.5 Å². The summed E-state index contributed by atoms with van der Waals surface area (Å²) in [4.78, 5) is 4.94. The van der Waals surface area contributed by atoms with E-state index in [9.17, 15) is 0 Å². The number of nitriles is 1. The van der Waals surface area contributed by atoms with E-state index < -0.39 is 0 Å². The molecule has 0 aliphatic rings. The van der Waals surface area contributed by atoms with Gasteiger partial charge in [-0.3, -0.25) is 0 Å². The summed E-state index contributed by atoms with van der Waals surface area (Å²) in [5, 5.41) is 12.0. The molecule has 0 unspecified atom stereocenters. The van der Waals surface area contributed by atoms with E-state index in [1.807, 2.05) is 36.4 Å². The van der Waals surface area contributed by atoms with Gasteiger partial charge in [0.05, 0.1) is 0 Å². The zero-order valence-corrected chi connectivity index (χ0v) is 7.40. The molecule has 0 fully saturated rings. The van der Waals surface area contributed by atoms with Crippen molar-refractivity contribution in [3.63, 3.8) is 0 Å². The number of benzene rings is 1. The Balaban J connectivity index is 2.41. The van der Waals surface area contributed by atoms with E-state index in [2.05, 4.69) is 5.16 Å². The van der Waals surface area contributed by atoms with Crippen LogP contribution in [0.4, 0.5) is 0 Å². The van der Waals surface area contributed by atoms with E-state index in [1.54, 1.807) is 6.92 Å². The largest absolute Gasteiger partial charge is 0.390 e. The lowest BCUT2D eigenvalue weighted by molar-refractivity contribution is 0.131. The minimum Gasteiger partial charge on any atom is -0.390 e. The lowest BCUT2D eigenvalue weighted by atomic mass is 10.2. The maximum atomic E-state index is 8.37. The summed E-state index contributed by atoms with van der Waals surface area (Å²) in [6.07, 6.45) is 0.